The molecule has 1 aliphatic heterocycles. The summed E-state index contributed by atoms with van der Waals surface area (Å²) in [4.78, 5) is 36.0. The van der Waals surface area contributed by atoms with Gasteiger partial charge in [-0.1, -0.05) is 0 Å². The number of nitrogens with zero attached hydrogens (tertiary/aromatic N) is 1. The maximum absolute atomic E-state index is 12.0. The first kappa shape index (κ1) is 15.5. The van der Waals surface area contributed by atoms with Crippen LogP contribution in [0.3, 0.4) is 0 Å². The van der Waals surface area contributed by atoms with E-state index in [9.17, 15) is 14.4 Å². The van der Waals surface area contributed by atoms with Crippen LogP contribution >= 0.6 is 0 Å². The number of ether oxygens (including phenoxy) is 2. The number of ketones is 1. The standard InChI is InChI=1S/C13H21NO5/c1-9(15)18-8-11(16)10-6-5-7-14(10)12(17)19-13(2,3)4/h10H,5-8H2,1-4H3/t10-/m0/s1. The predicted octanol–water partition coefficient (Wildman–Crippen LogP) is 1.52. The lowest BCUT2D eigenvalue weighted by molar-refractivity contribution is -0.146. The van der Waals surface area contributed by atoms with E-state index >= 15 is 0 Å². The summed E-state index contributed by atoms with van der Waals surface area (Å²) in [5.74, 6) is -0.770. The largest absolute Gasteiger partial charge is 0.458 e. The van der Waals surface area contributed by atoms with Crippen molar-refractivity contribution in [2.24, 2.45) is 0 Å². The van der Waals surface area contributed by atoms with E-state index in [0.29, 0.717) is 13.0 Å². The number of esters is 1. The summed E-state index contributed by atoms with van der Waals surface area (Å²) in [6.45, 7) is 6.77. The molecular formula is C13H21NO5. The fourth-order valence-electron chi connectivity index (χ4n) is 1.91. The van der Waals surface area contributed by atoms with Gasteiger partial charge in [-0.25, -0.2) is 4.79 Å². The zero-order chi connectivity index (χ0) is 14.6. The minimum atomic E-state index is -0.594. The number of carbonyl (C=O) groups is 3. The van der Waals surface area contributed by atoms with E-state index in [1.54, 1.807) is 20.8 Å². The molecule has 6 nitrogen and oxygen atoms in total. The quantitative estimate of drug-likeness (QED) is 0.728. The van der Waals surface area contributed by atoms with Crippen molar-refractivity contribution in [2.45, 2.75) is 52.2 Å². The third kappa shape index (κ3) is 4.89. The van der Waals surface area contributed by atoms with Gasteiger partial charge in [0.2, 0.25) is 0 Å². The van der Waals surface area contributed by atoms with Gasteiger partial charge in [-0.2, -0.15) is 0 Å². The minimum absolute atomic E-state index is 0.265. The zero-order valence-electron chi connectivity index (χ0n) is 11.9. The molecule has 1 fully saturated rings. The molecule has 19 heavy (non-hydrogen) atoms. The Balaban J connectivity index is 2.60. The van der Waals surface area contributed by atoms with Crippen LogP contribution < -0.4 is 0 Å². The van der Waals surface area contributed by atoms with E-state index in [2.05, 4.69) is 4.74 Å². The van der Waals surface area contributed by atoms with Gasteiger partial charge in [-0.15, -0.1) is 0 Å². The lowest BCUT2D eigenvalue weighted by atomic mass is 10.1. The van der Waals surface area contributed by atoms with Crippen molar-refractivity contribution in [2.75, 3.05) is 13.2 Å². The SMILES string of the molecule is CC(=O)OCC(=O)[C@@H]1CCCN1C(=O)OC(C)(C)C. The number of carbonyl (C=O) groups excluding carboxylic acids is 3. The first-order chi connectivity index (χ1) is 8.70. The van der Waals surface area contributed by atoms with Crippen LogP contribution in [0.25, 0.3) is 0 Å². The van der Waals surface area contributed by atoms with Crippen LogP contribution in [0.5, 0.6) is 0 Å². The molecule has 0 aromatic rings. The number of amides is 1. The molecule has 0 bridgehead atoms. The third-order valence-corrected chi connectivity index (χ3v) is 2.67. The first-order valence-electron chi connectivity index (χ1n) is 6.36. The molecule has 1 rings (SSSR count). The normalized spacial score (nSPS) is 19.2. The summed E-state index contributed by atoms with van der Waals surface area (Å²) in [5, 5.41) is 0. The monoisotopic (exact) mass is 271 g/mol. The topological polar surface area (TPSA) is 72.9 Å². The van der Waals surface area contributed by atoms with Gasteiger partial charge >= 0.3 is 12.1 Å². The van der Waals surface area contributed by atoms with Crippen molar-refractivity contribution in [3.8, 4) is 0 Å². The summed E-state index contributed by atoms with van der Waals surface area (Å²) in [5.41, 5.74) is -0.594. The first-order valence-corrected chi connectivity index (χ1v) is 6.36. The van der Waals surface area contributed by atoms with Gasteiger partial charge < -0.3 is 9.47 Å². The van der Waals surface area contributed by atoms with E-state index in [1.165, 1.54) is 11.8 Å². The van der Waals surface area contributed by atoms with Crippen LogP contribution in [0.15, 0.2) is 0 Å². The maximum atomic E-state index is 12.0. The van der Waals surface area contributed by atoms with Crippen molar-refractivity contribution in [3.63, 3.8) is 0 Å². The van der Waals surface area contributed by atoms with E-state index in [-0.39, 0.29) is 12.4 Å². The highest BCUT2D eigenvalue weighted by atomic mass is 16.6. The van der Waals surface area contributed by atoms with Gasteiger partial charge in [-0.05, 0) is 33.6 Å². The third-order valence-electron chi connectivity index (χ3n) is 2.67. The number of hydrogen-bond acceptors (Lipinski definition) is 5. The molecule has 0 aromatic heterocycles. The second-order valence-electron chi connectivity index (χ2n) is 5.58. The molecule has 0 aromatic carbocycles. The van der Waals surface area contributed by atoms with Crippen LogP contribution in [0, 0.1) is 0 Å². The fraction of sp³-hybridized carbons (Fsp3) is 0.769. The molecular weight excluding hydrogens is 250 g/mol. The van der Waals surface area contributed by atoms with Crippen molar-refractivity contribution >= 4 is 17.8 Å². The highest BCUT2D eigenvalue weighted by Gasteiger charge is 2.36. The number of Topliss-reactive ketones (excluding diaryl/α,β-unsaturated/α-hetero) is 1. The van der Waals surface area contributed by atoms with Crippen molar-refractivity contribution in [3.05, 3.63) is 0 Å². The molecule has 108 valence electrons. The number of hydrogen-bond donors (Lipinski definition) is 0. The van der Waals surface area contributed by atoms with E-state index < -0.39 is 23.7 Å². The average Bonchev–Trinajstić information content (AvgIpc) is 2.72. The number of rotatable bonds is 3. The molecule has 1 atom stereocenters. The Hall–Kier alpha value is -1.59. The highest BCUT2D eigenvalue weighted by molar-refractivity contribution is 5.90. The van der Waals surface area contributed by atoms with Crippen LogP contribution in [-0.4, -0.2) is 47.5 Å². The molecule has 1 aliphatic rings. The van der Waals surface area contributed by atoms with Crippen molar-refractivity contribution in [1.82, 2.24) is 4.90 Å². The van der Waals surface area contributed by atoms with Crippen LogP contribution in [-0.2, 0) is 19.1 Å². The molecule has 1 amide bonds. The van der Waals surface area contributed by atoms with E-state index in [0.717, 1.165) is 6.42 Å². The summed E-state index contributed by atoms with van der Waals surface area (Å²) in [7, 11) is 0. The molecule has 0 spiro atoms. The summed E-state index contributed by atoms with van der Waals surface area (Å²) >= 11 is 0. The summed E-state index contributed by atoms with van der Waals surface area (Å²) in [6.07, 6.45) is 0.834. The Labute approximate surface area is 113 Å². The van der Waals surface area contributed by atoms with Gasteiger partial charge in [0.05, 0.1) is 6.04 Å². The number of likely N-dealkylation sites (tertiary alicyclic amines) is 1. The second-order valence-corrected chi connectivity index (χ2v) is 5.58. The fourth-order valence-corrected chi connectivity index (χ4v) is 1.91. The van der Waals surface area contributed by atoms with Gasteiger partial charge in [0.1, 0.15) is 5.60 Å². The van der Waals surface area contributed by atoms with Crippen LogP contribution in [0.2, 0.25) is 0 Å². The maximum Gasteiger partial charge on any atom is 0.410 e. The van der Waals surface area contributed by atoms with Gasteiger partial charge in [0.15, 0.2) is 12.4 Å². The Bertz CT molecular complexity index is 372. The zero-order valence-corrected chi connectivity index (χ0v) is 11.9. The molecule has 0 unspecified atom stereocenters. The second kappa shape index (κ2) is 6.04. The Morgan fingerprint density at radius 2 is 1.89 bits per heavy atom. The van der Waals surface area contributed by atoms with Crippen molar-refractivity contribution < 1.29 is 23.9 Å². The Morgan fingerprint density at radius 1 is 1.26 bits per heavy atom. The van der Waals surface area contributed by atoms with Gasteiger partial charge in [-0.3, -0.25) is 14.5 Å². The lowest BCUT2D eigenvalue weighted by Crippen LogP contribution is -2.44. The van der Waals surface area contributed by atoms with Gasteiger partial charge in [0, 0.05) is 13.5 Å². The molecule has 6 heteroatoms. The smallest absolute Gasteiger partial charge is 0.410 e. The summed E-state index contributed by atoms with van der Waals surface area (Å²) < 4.78 is 9.93. The summed E-state index contributed by atoms with van der Waals surface area (Å²) in [6, 6.07) is -0.547. The molecule has 0 aliphatic carbocycles. The minimum Gasteiger partial charge on any atom is -0.458 e. The van der Waals surface area contributed by atoms with Crippen LogP contribution in [0.1, 0.15) is 40.5 Å². The molecule has 0 radical (unpaired) electrons. The van der Waals surface area contributed by atoms with Gasteiger partial charge in [0.25, 0.3) is 0 Å². The molecule has 0 saturated carbocycles. The Morgan fingerprint density at radius 3 is 2.42 bits per heavy atom. The van der Waals surface area contributed by atoms with E-state index in [4.69, 9.17) is 4.74 Å². The molecule has 1 saturated heterocycles. The van der Waals surface area contributed by atoms with E-state index in [1.807, 2.05) is 0 Å². The lowest BCUT2D eigenvalue weighted by Gasteiger charge is -2.27. The Kier molecular flexibility index (Phi) is 4.91. The average molecular weight is 271 g/mol. The van der Waals surface area contributed by atoms with Crippen LogP contribution in [0.4, 0.5) is 4.79 Å². The predicted molar refractivity (Wildman–Crippen MR) is 67.6 cm³/mol. The molecule has 1 heterocycles. The molecule has 0 N–H and O–H groups in total. The van der Waals surface area contributed by atoms with Crippen molar-refractivity contribution in [1.29, 1.82) is 0 Å². The highest BCUT2D eigenvalue weighted by Crippen LogP contribution is 2.21.